The monoisotopic (exact) mass is 305 g/mol. The van der Waals surface area contributed by atoms with Crippen molar-refractivity contribution in [3.8, 4) is 5.75 Å². The fourth-order valence-electron chi connectivity index (χ4n) is 2.93. The van der Waals surface area contributed by atoms with Crippen LogP contribution in [0.2, 0.25) is 0 Å². The van der Waals surface area contributed by atoms with Crippen LogP contribution in [0.4, 0.5) is 0 Å². The summed E-state index contributed by atoms with van der Waals surface area (Å²) in [6.07, 6.45) is 1.76. The molecule has 1 aromatic rings. The number of rotatable bonds is 6. The summed E-state index contributed by atoms with van der Waals surface area (Å²) in [5.41, 5.74) is 1.09. The molecule has 0 aliphatic carbocycles. The minimum atomic E-state index is -0.808. The molecule has 0 saturated carbocycles. The van der Waals surface area contributed by atoms with Gasteiger partial charge in [-0.05, 0) is 30.4 Å². The number of hydrogen-bond donors (Lipinski definition) is 1. The average Bonchev–Trinajstić information content (AvgIpc) is 2.98. The first-order valence-electron chi connectivity index (χ1n) is 7.63. The van der Waals surface area contributed by atoms with Crippen molar-refractivity contribution in [2.75, 3.05) is 20.2 Å². The zero-order valence-electron chi connectivity index (χ0n) is 13.1. The van der Waals surface area contributed by atoms with E-state index in [1.807, 2.05) is 31.2 Å². The normalized spacial score (nSPS) is 19.0. The lowest BCUT2D eigenvalue weighted by Gasteiger charge is -2.19. The SMILES string of the molecule is COc1ccccc1CC(C)CC(=O)N1CCC(C(=O)O)C1. The topological polar surface area (TPSA) is 66.8 Å². The number of methoxy groups -OCH3 is 1. The van der Waals surface area contributed by atoms with Gasteiger partial charge in [0.2, 0.25) is 5.91 Å². The van der Waals surface area contributed by atoms with E-state index in [1.54, 1.807) is 12.0 Å². The minimum absolute atomic E-state index is 0.0474. The highest BCUT2D eigenvalue weighted by Crippen LogP contribution is 2.24. The van der Waals surface area contributed by atoms with Gasteiger partial charge in [0.05, 0.1) is 13.0 Å². The fourth-order valence-corrected chi connectivity index (χ4v) is 2.93. The molecule has 0 aromatic heterocycles. The third-order valence-corrected chi connectivity index (χ3v) is 4.17. The largest absolute Gasteiger partial charge is 0.496 e. The average molecular weight is 305 g/mol. The van der Waals surface area contributed by atoms with Crippen LogP contribution in [0.15, 0.2) is 24.3 Å². The van der Waals surface area contributed by atoms with E-state index in [9.17, 15) is 9.59 Å². The molecular formula is C17H23NO4. The summed E-state index contributed by atoms with van der Waals surface area (Å²) in [6.45, 7) is 2.93. The molecule has 2 rings (SSSR count). The maximum atomic E-state index is 12.3. The lowest BCUT2D eigenvalue weighted by atomic mass is 9.97. The Labute approximate surface area is 130 Å². The quantitative estimate of drug-likeness (QED) is 0.875. The van der Waals surface area contributed by atoms with Crippen LogP contribution in [0.25, 0.3) is 0 Å². The second kappa shape index (κ2) is 7.29. The van der Waals surface area contributed by atoms with Gasteiger partial charge in [0.1, 0.15) is 5.75 Å². The van der Waals surface area contributed by atoms with Crippen LogP contribution in [0, 0.1) is 11.8 Å². The molecule has 1 fully saturated rings. The van der Waals surface area contributed by atoms with Crippen molar-refractivity contribution >= 4 is 11.9 Å². The number of carbonyl (C=O) groups excluding carboxylic acids is 1. The van der Waals surface area contributed by atoms with E-state index in [0.29, 0.717) is 25.9 Å². The van der Waals surface area contributed by atoms with E-state index >= 15 is 0 Å². The van der Waals surface area contributed by atoms with E-state index in [0.717, 1.165) is 17.7 Å². The number of hydrogen-bond acceptors (Lipinski definition) is 3. The summed E-state index contributed by atoms with van der Waals surface area (Å²) in [7, 11) is 1.64. The Morgan fingerprint density at radius 2 is 2.14 bits per heavy atom. The highest BCUT2D eigenvalue weighted by atomic mass is 16.5. The van der Waals surface area contributed by atoms with Crippen molar-refractivity contribution in [1.82, 2.24) is 4.90 Å². The number of carboxylic acid groups (broad SMARTS) is 1. The second-order valence-electron chi connectivity index (χ2n) is 5.99. The number of likely N-dealkylation sites (tertiary alicyclic amines) is 1. The van der Waals surface area contributed by atoms with Crippen molar-refractivity contribution in [1.29, 1.82) is 0 Å². The third-order valence-electron chi connectivity index (χ3n) is 4.17. The van der Waals surface area contributed by atoms with E-state index in [1.165, 1.54) is 0 Å². The van der Waals surface area contributed by atoms with Crippen molar-refractivity contribution in [2.24, 2.45) is 11.8 Å². The van der Waals surface area contributed by atoms with Crippen molar-refractivity contribution < 1.29 is 19.4 Å². The fraction of sp³-hybridized carbons (Fsp3) is 0.529. The first-order chi connectivity index (χ1) is 10.5. The molecule has 1 heterocycles. The zero-order chi connectivity index (χ0) is 16.1. The molecule has 5 nitrogen and oxygen atoms in total. The molecular weight excluding hydrogens is 282 g/mol. The Balaban J connectivity index is 1.88. The molecule has 5 heteroatoms. The maximum absolute atomic E-state index is 12.3. The molecule has 0 bridgehead atoms. The van der Waals surface area contributed by atoms with Crippen LogP contribution in [0.3, 0.4) is 0 Å². The highest BCUT2D eigenvalue weighted by Gasteiger charge is 2.31. The summed E-state index contributed by atoms with van der Waals surface area (Å²) < 4.78 is 5.33. The predicted molar refractivity (Wildman–Crippen MR) is 82.8 cm³/mol. The number of benzene rings is 1. The van der Waals surface area contributed by atoms with Crippen LogP contribution < -0.4 is 4.74 Å². The van der Waals surface area contributed by atoms with E-state index in [2.05, 4.69) is 0 Å². The Kier molecular flexibility index (Phi) is 5.41. The molecule has 1 N–H and O–H groups in total. The van der Waals surface area contributed by atoms with Gasteiger partial charge in [-0.25, -0.2) is 0 Å². The maximum Gasteiger partial charge on any atom is 0.308 e. The van der Waals surface area contributed by atoms with Gasteiger partial charge in [-0.15, -0.1) is 0 Å². The van der Waals surface area contributed by atoms with Crippen molar-refractivity contribution in [2.45, 2.75) is 26.2 Å². The zero-order valence-corrected chi connectivity index (χ0v) is 13.1. The van der Waals surface area contributed by atoms with Crippen LogP contribution in [0.1, 0.15) is 25.3 Å². The van der Waals surface area contributed by atoms with Gasteiger partial charge in [0.15, 0.2) is 0 Å². The van der Waals surface area contributed by atoms with Gasteiger partial charge in [-0.1, -0.05) is 25.1 Å². The second-order valence-corrected chi connectivity index (χ2v) is 5.99. The predicted octanol–water partition coefficient (Wildman–Crippen LogP) is 2.20. The lowest BCUT2D eigenvalue weighted by molar-refractivity contribution is -0.141. The smallest absolute Gasteiger partial charge is 0.308 e. The molecule has 1 saturated heterocycles. The number of nitrogens with zero attached hydrogens (tertiary/aromatic N) is 1. The molecule has 2 atom stereocenters. The molecule has 1 aromatic carbocycles. The van der Waals surface area contributed by atoms with Crippen LogP contribution in [-0.2, 0) is 16.0 Å². The number of amides is 1. The highest BCUT2D eigenvalue weighted by molar-refractivity contribution is 5.79. The summed E-state index contributed by atoms with van der Waals surface area (Å²) in [6, 6.07) is 7.82. The summed E-state index contributed by atoms with van der Waals surface area (Å²) in [4.78, 5) is 24.9. The molecule has 120 valence electrons. The Morgan fingerprint density at radius 1 is 1.41 bits per heavy atom. The molecule has 1 aliphatic rings. The molecule has 22 heavy (non-hydrogen) atoms. The molecule has 2 unspecified atom stereocenters. The standard InChI is InChI=1S/C17H23NO4/c1-12(9-13-5-3-4-6-15(13)22-2)10-16(19)18-8-7-14(11-18)17(20)21/h3-6,12,14H,7-11H2,1-2H3,(H,20,21). The van der Waals surface area contributed by atoms with Crippen LogP contribution in [-0.4, -0.2) is 42.1 Å². The summed E-state index contributed by atoms with van der Waals surface area (Å²) in [5.74, 6) is -0.140. The molecule has 0 radical (unpaired) electrons. The molecule has 1 amide bonds. The van der Waals surface area contributed by atoms with Gasteiger partial charge >= 0.3 is 5.97 Å². The van der Waals surface area contributed by atoms with Gasteiger partial charge in [0, 0.05) is 19.5 Å². The van der Waals surface area contributed by atoms with E-state index in [4.69, 9.17) is 9.84 Å². The number of aliphatic carboxylic acids is 1. The van der Waals surface area contributed by atoms with Crippen molar-refractivity contribution in [3.05, 3.63) is 29.8 Å². The summed E-state index contributed by atoms with van der Waals surface area (Å²) in [5, 5.41) is 9.00. The van der Waals surface area contributed by atoms with E-state index < -0.39 is 11.9 Å². The number of para-hydroxylation sites is 1. The third kappa shape index (κ3) is 4.00. The first-order valence-corrected chi connectivity index (χ1v) is 7.63. The minimum Gasteiger partial charge on any atom is -0.496 e. The number of carbonyl (C=O) groups is 2. The number of ether oxygens (including phenoxy) is 1. The van der Waals surface area contributed by atoms with E-state index in [-0.39, 0.29) is 11.8 Å². The Hall–Kier alpha value is -2.04. The van der Waals surface area contributed by atoms with Gasteiger partial charge in [-0.2, -0.15) is 0 Å². The first kappa shape index (κ1) is 16.3. The Bertz CT molecular complexity index is 543. The molecule has 0 spiro atoms. The molecule has 1 aliphatic heterocycles. The van der Waals surface area contributed by atoms with Gasteiger partial charge in [-0.3, -0.25) is 9.59 Å². The van der Waals surface area contributed by atoms with Gasteiger partial charge < -0.3 is 14.7 Å². The van der Waals surface area contributed by atoms with Gasteiger partial charge in [0.25, 0.3) is 0 Å². The van der Waals surface area contributed by atoms with Crippen LogP contribution >= 0.6 is 0 Å². The van der Waals surface area contributed by atoms with Crippen molar-refractivity contribution in [3.63, 3.8) is 0 Å². The van der Waals surface area contributed by atoms with Crippen LogP contribution in [0.5, 0.6) is 5.75 Å². The number of carboxylic acids is 1. The lowest BCUT2D eigenvalue weighted by Crippen LogP contribution is -2.31. The summed E-state index contributed by atoms with van der Waals surface area (Å²) >= 11 is 0. The Morgan fingerprint density at radius 3 is 2.77 bits per heavy atom.